The molecule has 0 aliphatic heterocycles. The van der Waals surface area contributed by atoms with Gasteiger partial charge in [0.05, 0.1) is 6.10 Å². The molecular formula is C17H28O2. The molecular weight excluding hydrogens is 236 g/mol. The highest BCUT2D eigenvalue weighted by molar-refractivity contribution is 5.81. The predicted molar refractivity (Wildman–Crippen MR) is 75.6 cm³/mol. The number of hydrogen-bond acceptors (Lipinski definition) is 2. The van der Waals surface area contributed by atoms with Crippen LogP contribution in [0.1, 0.15) is 59.3 Å². The summed E-state index contributed by atoms with van der Waals surface area (Å²) in [5.74, 6) is 3.39. The van der Waals surface area contributed by atoms with Crippen molar-refractivity contribution in [3.63, 3.8) is 0 Å². The molecule has 3 fully saturated rings. The lowest BCUT2D eigenvalue weighted by atomic mass is 9.52. The first-order valence-electron chi connectivity index (χ1n) is 8.16. The minimum absolute atomic E-state index is 0.172. The number of ketones is 1. The third kappa shape index (κ3) is 1.90. The van der Waals surface area contributed by atoms with Crippen molar-refractivity contribution in [3.8, 4) is 0 Å². The molecule has 3 unspecified atom stereocenters. The van der Waals surface area contributed by atoms with Gasteiger partial charge in [-0.25, -0.2) is 0 Å². The summed E-state index contributed by atoms with van der Waals surface area (Å²) in [6.07, 6.45) is 6.61. The second-order valence-electron chi connectivity index (χ2n) is 7.70. The summed E-state index contributed by atoms with van der Waals surface area (Å²) >= 11 is 0. The molecule has 0 aromatic heterocycles. The Morgan fingerprint density at radius 3 is 2.63 bits per heavy atom. The number of carbonyl (C=O) groups is 1. The Morgan fingerprint density at radius 2 is 1.95 bits per heavy atom. The van der Waals surface area contributed by atoms with E-state index in [1.807, 2.05) is 6.92 Å². The van der Waals surface area contributed by atoms with Crippen LogP contribution in [-0.2, 0) is 4.79 Å². The van der Waals surface area contributed by atoms with E-state index in [1.54, 1.807) is 0 Å². The molecule has 0 amide bonds. The Morgan fingerprint density at radius 1 is 1.21 bits per heavy atom. The molecule has 3 saturated carbocycles. The molecule has 7 atom stereocenters. The van der Waals surface area contributed by atoms with Crippen LogP contribution in [-0.4, -0.2) is 17.0 Å². The van der Waals surface area contributed by atoms with Crippen LogP contribution in [0.25, 0.3) is 0 Å². The lowest BCUT2D eigenvalue weighted by molar-refractivity contribution is -0.133. The van der Waals surface area contributed by atoms with Gasteiger partial charge in [0.15, 0.2) is 0 Å². The summed E-state index contributed by atoms with van der Waals surface area (Å²) in [4.78, 5) is 12.0. The summed E-state index contributed by atoms with van der Waals surface area (Å²) in [6.45, 7) is 6.54. The Labute approximate surface area is 117 Å². The standard InChI is InChI=1S/C17H28O2/c1-10-12-8-9-17(3)14(11(2)18)5-6-15(17)13(12)4-7-16(10)19/h10-15,18H,4-9H2,1-3H3/t10?,11?,12?,13-,14-,15+,17-/m1/s1. The van der Waals surface area contributed by atoms with E-state index < -0.39 is 0 Å². The largest absolute Gasteiger partial charge is 0.393 e. The average Bonchev–Trinajstić information content (AvgIpc) is 2.71. The van der Waals surface area contributed by atoms with Gasteiger partial charge in [-0.15, -0.1) is 0 Å². The highest BCUT2D eigenvalue weighted by Crippen LogP contribution is 2.62. The van der Waals surface area contributed by atoms with Gasteiger partial charge in [0.2, 0.25) is 0 Å². The van der Waals surface area contributed by atoms with Crippen molar-refractivity contribution in [1.29, 1.82) is 0 Å². The third-order valence-electron chi connectivity index (χ3n) is 7.02. The van der Waals surface area contributed by atoms with Crippen LogP contribution in [0.15, 0.2) is 0 Å². The fourth-order valence-electron chi connectivity index (χ4n) is 5.96. The molecule has 108 valence electrons. The summed E-state index contributed by atoms with van der Waals surface area (Å²) in [5, 5.41) is 10.1. The van der Waals surface area contributed by atoms with Gasteiger partial charge in [0.1, 0.15) is 5.78 Å². The maximum atomic E-state index is 12.0. The lowest BCUT2D eigenvalue weighted by Crippen LogP contribution is -2.48. The highest BCUT2D eigenvalue weighted by Gasteiger charge is 2.56. The summed E-state index contributed by atoms with van der Waals surface area (Å²) in [6, 6.07) is 0. The van der Waals surface area contributed by atoms with E-state index >= 15 is 0 Å². The van der Waals surface area contributed by atoms with Crippen LogP contribution in [0, 0.1) is 35.0 Å². The summed E-state index contributed by atoms with van der Waals surface area (Å²) in [7, 11) is 0. The highest BCUT2D eigenvalue weighted by atomic mass is 16.3. The third-order valence-corrected chi connectivity index (χ3v) is 7.02. The van der Waals surface area contributed by atoms with Crippen LogP contribution in [0.4, 0.5) is 0 Å². The normalized spacial score (nSPS) is 51.6. The monoisotopic (exact) mass is 264 g/mol. The molecule has 0 saturated heterocycles. The van der Waals surface area contributed by atoms with Crippen LogP contribution in [0.2, 0.25) is 0 Å². The Balaban J connectivity index is 1.86. The quantitative estimate of drug-likeness (QED) is 0.788. The molecule has 3 aliphatic carbocycles. The maximum absolute atomic E-state index is 12.0. The van der Waals surface area contributed by atoms with E-state index in [0.29, 0.717) is 23.0 Å². The second kappa shape index (κ2) is 4.58. The topological polar surface area (TPSA) is 37.3 Å². The Hall–Kier alpha value is -0.370. The van der Waals surface area contributed by atoms with Crippen molar-refractivity contribution in [1.82, 2.24) is 0 Å². The van der Waals surface area contributed by atoms with Gasteiger partial charge in [-0.3, -0.25) is 4.79 Å². The summed E-state index contributed by atoms with van der Waals surface area (Å²) < 4.78 is 0. The molecule has 0 heterocycles. The van der Waals surface area contributed by atoms with Gasteiger partial charge in [0.25, 0.3) is 0 Å². The maximum Gasteiger partial charge on any atom is 0.135 e. The molecule has 0 aromatic rings. The fourth-order valence-corrected chi connectivity index (χ4v) is 5.96. The number of fused-ring (bicyclic) bond motifs is 3. The van der Waals surface area contributed by atoms with E-state index in [4.69, 9.17) is 0 Å². The van der Waals surface area contributed by atoms with Crippen molar-refractivity contribution in [2.75, 3.05) is 0 Å². The fraction of sp³-hybridized carbons (Fsp3) is 0.941. The van der Waals surface area contributed by atoms with E-state index in [9.17, 15) is 9.90 Å². The second-order valence-corrected chi connectivity index (χ2v) is 7.70. The van der Waals surface area contributed by atoms with Crippen LogP contribution >= 0.6 is 0 Å². The zero-order chi connectivity index (χ0) is 13.8. The molecule has 0 aromatic carbocycles. The molecule has 3 aliphatic rings. The van der Waals surface area contributed by atoms with Crippen LogP contribution < -0.4 is 0 Å². The van der Waals surface area contributed by atoms with Gasteiger partial charge >= 0.3 is 0 Å². The van der Waals surface area contributed by atoms with Crippen molar-refractivity contribution in [2.24, 2.45) is 35.0 Å². The lowest BCUT2D eigenvalue weighted by Gasteiger charge is -2.52. The molecule has 0 radical (unpaired) electrons. The number of carbonyl (C=O) groups excluding carboxylic acids is 1. The average molecular weight is 264 g/mol. The first kappa shape index (κ1) is 13.6. The summed E-state index contributed by atoms with van der Waals surface area (Å²) in [5.41, 5.74) is 0.329. The van der Waals surface area contributed by atoms with Crippen molar-refractivity contribution >= 4 is 5.78 Å². The van der Waals surface area contributed by atoms with Gasteiger partial charge in [-0.1, -0.05) is 13.8 Å². The minimum atomic E-state index is -0.172. The molecule has 19 heavy (non-hydrogen) atoms. The number of rotatable bonds is 1. The van der Waals surface area contributed by atoms with E-state index in [2.05, 4.69) is 13.8 Å². The number of Topliss-reactive ketones (excluding diaryl/α,β-unsaturated/α-hetero) is 1. The SMILES string of the molecule is CC1C(=O)CC[C@@H]2C1CC[C@]1(C)[C@@H](C(C)O)CC[C@@H]21. The Bertz CT molecular complexity index is 375. The van der Waals surface area contributed by atoms with Crippen molar-refractivity contribution in [2.45, 2.75) is 65.4 Å². The van der Waals surface area contributed by atoms with E-state index in [0.717, 1.165) is 24.7 Å². The first-order chi connectivity index (χ1) is 8.95. The van der Waals surface area contributed by atoms with Gasteiger partial charge in [-0.05, 0) is 68.1 Å². The van der Waals surface area contributed by atoms with Gasteiger partial charge in [0, 0.05) is 12.3 Å². The molecule has 3 rings (SSSR count). The smallest absolute Gasteiger partial charge is 0.135 e. The molecule has 0 bridgehead atoms. The van der Waals surface area contributed by atoms with E-state index in [-0.39, 0.29) is 12.0 Å². The van der Waals surface area contributed by atoms with E-state index in [1.165, 1.54) is 25.7 Å². The molecule has 0 spiro atoms. The van der Waals surface area contributed by atoms with Gasteiger partial charge < -0.3 is 5.11 Å². The van der Waals surface area contributed by atoms with Crippen LogP contribution in [0.5, 0.6) is 0 Å². The van der Waals surface area contributed by atoms with Crippen molar-refractivity contribution < 1.29 is 9.90 Å². The number of aliphatic hydroxyl groups excluding tert-OH is 1. The zero-order valence-corrected chi connectivity index (χ0v) is 12.6. The molecule has 2 nitrogen and oxygen atoms in total. The minimum Gasteiger partial charge on any atom is -0.393 e. The number of aliphatic hydroxyl groups is 1. The molecule has 1 N–H and O–H groups in total. The predicted octanol–water partition coefficient (Wildman–Crippen LogP) is 3.42. The molecule has 2 heteroatoms. The Kier molecular flexibility index (Phi) is 3.28. The van der Waals surface area contributed by atoms with Crippen molar-refractivity contribution in [3.05, 3.63) is 0 Å². The zero-order valence-electron chi connectivity index (χ0n) is 12.6. The van der Waals surface area contributed by atoms with Gasteiger partial charge in [-0.2, -0.15) is 0 Å². The van der Waals surface area contributed by atoms with Crippen LogP contribution in [0.3, 0.4) is 0 Å². The first-order valence-corrected chi connectivity index (χ1v) is 8.16. The number of hydrogen-bond donors (Lipinski definition) is 1.